The highest BCUT2D eigenvalue weighted by Crippen LogP contribution is 2.37. The highest BCUT2D eigenvalue weighted by molar-refractivity contribution is 8.18. The van der Waals surface area contributed by atoms with Crippen molar-refractivity contribution in [3.63, 3.8) is 0 Å². The van der Waals surface area contributed by atoms with E-state index in [2.05, 4.69) is 45.3 Å². The normalized spacial score (nSPS) is 19.1. The molecule has 0 spiro atoms. The van der Waals surface area contributed by atoms with Crippen LogP contribution in [0.5, 0.6) is 0 Å². The van der Waals surface area contributed by atoms with Crippen LogP contribution >= 0.6 is 11.8 Å². The van der Waals surface area contributed by atoms with Crippen LogP contribution in [0.2, 0.25) is 0 Å². The Morgan fingerprint density at radius 1 is 1.50 bits per heavy atom. The molecule has 1 aliphatic heterocycles. The summed E-state index contributed by atoms with van der Waals surface area (Å²) in [6.07, 6.45) is 3.86. The van der Waals surface area contributed by atoms with Gasteiger partial charge in [-0.2, -0.15) is 0 Å². The smallest absolute Gasteiger partial charge is 0.108 e. The molecule has 0 bridgehead atoms. The fourth-order valence-corrected chi connectivity index (χ4v) is 2.36. The Bertz CT molecular complexity index is 328. The Morgan fingerprint density at radius 3 is 2.57 bits per heavy atom. The molecule has 0 aliphatic carbocycles. The lowest BCUT2D eigenvalue weighted by atomic mass is 10.1. The number of hydrogen-bond donors (Lipinski definition) is 0. The largest absolute Gasteiger partial charge is 0.250 e. The Kier molecular flexibility index (Phi) is 3.76. The molecular weight excluding hydrogens is 190 g/mol. The molecule has 0 saturated heterocycles. The predicted octanol–water partition coefficient (Wildman–Crippen LogP) is 4.15. The summed E-state index contributed by atoms with van der Waals surface area (Å²) in [5.74, 6) is 0.576. The Labute approximate surface area is 90.7 Å². The van der Waals surface area contributed by atoms with Crippen LogP contribution in [0.1, 0.15) is 27.7 Å². The molecule has 0 fully saturated rings. The first-order valence-corrected chi connectivity index (χ1v) is 5.64. The molecular formula is C12H17NS. The zero-order valence-electron chi connectivity index (χ0n) is 9.29. The number of aliphatic imine (C=N–C) groups is 1. The fourth-order valence-electron chi connectivity index (χ4n) is 1.22. The molecule has 14 heavy (non-hydrogen) atoms. The second-order valence-corrected chi connectivity index (χ2v) is 4.90. The summed E-state index contributed by atoms with van der Waals surface area (Å²) >= 11 is 1.76. The van der Waals surface area contributed by atoms with Gasteiger partial charge in [0.2, 0.25) is 0 Å². The van der Waals surface area contributed by atoms with Crippen LogP contribution < -0.4 is 0 Å². The van der Waals surface area contributed by atoms with Gasteiger partial charge in [0.25, 0.3) is 0 Å². The van der Waals surface area contributed by atoms with Gasteiger partial charge in [-0.3, -0.25) is 0 Å². The lowest BCUT2D eigenvalue weighted by Crippen LogP contribution is -1.91. The quantitative estimate of drug-likeness (QED) is 0.662. The van der Waals surface area contributed by atoms with Crippen LogP contribution in [0.3, 0.4) is 0 Å². The molecule has 0 aromatic rings. The lowest BCUT2D eigenvalue weighted by Gasteiger charge is -2.02. The van der Waals surface area contributed by atoms with Crippen molar-refractivity contribution < 1.29 is 0 Å². The minimum atomic E-state index is 0.576. The lowest BCUT2D eigenvalue weighted by molar-refractivity contribution is 0.818. The standard InChI is InChI=1S/C12H17NS/c1-6-13-12-10(8(2)3)7-11(14-12)9(4)5/h6-7,9H,1H2,2-5H3/b13-12+. The molecule has 1 rings (SSSR count). The van der Waals surface area contributed by atoms with Crippen LogP contribution in [-0.2, 0) is 0 Å². The van der Waals surface area contributed by atoms with E-state index in [0.29, 0.717) is 5.92 Å². The van der Waals surface area contributed by atoms with Gasteiger partial charge in [0, 0.05) is 11.8 Å². The summed E-state index contributed by atoms with van der Waals surface area (Å²) in [6, 6.07) is 0. The molecule has 0 aromatic heterocycles. The summed E-state index contributed by atoms with van der Waals surface area (Å²) in [5.41, 5.74) is 2.58. The molecule has 0 N–H and O–H groups in total. The molecule has 2 heteroatoms. The third kappa shape index (κ3) is 2.38. The molecule has 0 radical (unpaired) electrons. The van der Waals surface area contributed by atoms with E-state index < -0.39 is 0 Å². The average Bonchev–Trinajstić information content (AvgIpc) is 2.49. The molecule has 0 aromatic carbocycles. The van der Waals surface area contributed by atoms with Gasteiger partial charge in [-0.05, 0) is 30.7 Å². The maximum atomic E-state index is 4.29. The van der Waals surface area contributed by atoms with E-state index >= 15 is 0 Å². The van der Waals surface area contributed by atoms with Gasteiger partial charge < -0.3 is 0 Å². The highest BCUT2D eigenvalue weighted by Gasteiger charge is 2.20. The molecule has 1 aliphatic rings. The number of nitrogens with zero attached hydrogens (tertiary/aromatic N) is 1. The monoisotopic (exact) mass is 207 g/mol. The van der Waals surface area contributed by atoms with E-state index in [4.69, 9.17) is 0 Å². The van der Waals surface area contributed by atoms with Crippen molar-refractivity contribution in [3.05, 3.63) is 34.9 Å². The molecule has 0 unspecified atom stereocenters. The van der Waals surface area contributed by atoms with Crippen molar-refractivity contribution in [2.75, 3.05) is 0 Å². The van der Waals surface area contributed by atoms with Crippen LogP contribution in [0, 0.1) is 5.92 Å². The number of allylic oxidation sites excluding steroid dienone is 3. The van der Waals surface area contributed by atoms with Gasteiger partial charge in [-0.1, -0.05) is 37.8 Å². The molecule has 1 nitrogen and oxygen atoms in total. The van der Waals surface area contributed by atoms with Crippen molar-refractivity contribution in [2.24, 2.45) is 10.9 Å². The summed E-state index contributed by atoms with van der Waals surface area (Å²) in [4.78, 5) is 5.68. The van der Waals surface area contributed by atoms with Gasteiger partial charge in [-0.25, -0.2) is 4.99 Å². The summed E-state index contributed by atoms with van der Waals surface area (Å²) in [5, 5.41) is 1.09. The SMILES string of the molecule is C=C/N=C1/SC(C(C)C)=CC1=C(C)C. The summed E-state index contributed by atoms with van der Waals surface area (Å²) in [6.45, 7) is 12.3. The van der Waals surface area contributed by atoms with Crippen molar-refractivity contribution >= 4 is 16.8 Å². The zero-order chi connectivity index (χ0) is 10.7. The Morgan fingerprint density at radius 2 is 2.14 bits per heavy atom. The van der Waals surface area contributed by atoms with Crippen LogP contribution in [-0.4, -0.2) is 5.04 Å². The first-order valence-electron chi connectivity index (χ1n) is 4.82. The van der Waals surface area contributed by atoms with Crippen molar-refractivity contribution in [1.82, 2.24) is 0 Å². The molecule has 76 valence electrons. The van der Waals surface area contributed by atoms with Gasteiger partial charge in [0.05, 0.1) is 0 Å². The third-order valence-electron chi connectivity index (χ3n) is 2.05. The van der Waals surface area contributed by atoms with Crippen LogP contribution in [0.15, 0.2) is 39.9 Å². The first kappa shape index (κ1) is 11.3. The minimum absolute atomic E-state index is 0.576. The molecule has 0 atom stereocenters. The highest BCUT2D eigenvalue weighted by atomic mass is 32.2. The van der Waals surface area contributed by atoms with Crippen LogP contribution in [0.25, 0.3) is 0 Å². The Hall–Kier alpha value is -0.760. The predicted molar refractivity (Wildman–Crippen MR) is 66.5 cm³/mol. The summed E-state index contributed by atoms with van der Waals surface area (Å²) < 4.78 is 0. The second-order valence-electron chi connectivity index (χ2n) is 3.83. The van der Waals surface area contributed by atoms with Gasteiger partial charge >= 0.3 is 0 Å². The van der Waals surface area contributed by atoms with E-state index in [1.54, 1.807) is 18.0 Å². The average molecular weight is 207 g/mol. The number of hydrogen-bond acceptors (Lipinski definition) is 2. The van der Waals surface area contributed by atoms with Crippen molar-refractivity contribution in [1.29, 1.82) is 0 Å². The van der Waals surface area contributed by atoms with Crippen molar-refractivity contribution in [2.45, 2.75) is 27.7 Å². The van der Waals surface area contributed by atoms with Gasteiger partial charge in [0.1, 0.15) is 5.04 Å². The zero-order valence-corrected chi connectivity index (χ0v) is 10.1. The van der Waals surface area contributed by atoms with E-state index in [0.717, 1.165) is 5.04 Å². The molecule has 0 amide bonds. The minimum Gasteiger partial charge on any atom is -0.250 e. The number of thioether (sulfide) groups is 1. The number of rotatable bonds is 2. The maximum absolute atomic E-state index is 4.29. The van der Waals surface area contributed by atoms with E-state index in [1.807, 2.05) is 0 Å². The topological polar surface area (TPSA) is 12.4 Å². The van der Waals surface area contributed by atoms with Gasteiger partial charge in [0.15, 0.2) is 0 Å². The van der Waals surface area contributed by atoms with Gasteiger partial charge in [-0.15, -0.1) is 0 Å². The second kappa shape index (κ2) is 4.65. The third-order valence-corrected chi connectivity index (χ3v) is 3.39. The van der Waals surface area contributed by atoms with Crippen LogP contribution in [0.4, 0.5) is 0 Å². The first-order chi connectivity index (χ1) is 6.56. The van der Waals surface area contributed by atoms with E-state index in [1.165, 1.54) is 16.1 Å². The fraction of sp³-hybridized carbons (Fsp3) is 0.417. The molecule has 1 heterocycles. The Balaban J connectivity index is 3.06. The van der Waals surface area contributed by atoms with Crippen molar-refractivity contribution in [3.8, 4) is 0 Å². The summed E-state index contributed by atoms with van der Waals surface area (Å²) in [7, 11) is 0. The van der Waals surface area contributed by atoms with E-state index in [-0.39, 0.29) is 0 Å². The van der Waals surface area contributed by atoms with E-state index in [9.17, 15) is 0 Å². The molecule has 0 saturated carbocycles. The maximum Gasteiger partial charge on any atom is 0.108 e.